The van der Waals surface area contributed by atoms with Gasteiger partial charge in [-0.15, -0.1) is 0 Å². The summed E-state index contributed by atoms with van der Waals surface area (Å²) in [5.41, 5.74) is 3.14. The van der Waals surface area contributed by atoms with Crippen LogP contribution < -0.4 is 23.2 Å². The van der Waals surface area contributed by atoms with E-state index >= 15 is 0 Å². The number of fused-ring (bicyclic) bond motifs is 1. The first-order valence-corrected chi connectivity index (χ1v) is 23.1. The molecule has 228 valence electrons. The maximum absolute atomic E-state index is 13.8. The van der Waals surface area contributed by atoms with Crippen molar-refractivity contribution < 1.29 is 37.9 Å². The van der Waals surface area contributed by atoms with Crippen molar-refractivity contribution in [3.63, 3.8) is 0 Å². The number of hydrogen-bond acceptors (Lipinski definition) is 5. The number of amides is 1. The molecule has 1 saturated heterocycles. The molecule has 0 radical (unpaired) electrons. The van der Waals surface area contributed by atoms with Gasteiger partial charge in [-0.2, -0.15) is 0 Å². The van der Waals surface area contributed by atoms with Crippen LogP contribution >= 0.6 is 0 Å². The summed E-state index contributed by atoms with van der Waals surface area (Å²) in [6.45, 7) is 5.22. The van der Waals surface area contributed by atoms with E-state index in [1.165, 1.54) is 10.8 Å². The van der Waals surface area contributed by atoms with E-state index in [1.807, 2.05) is 35.2 Å². The first-order chi connectivity index (χ1) is 19.7. The van der Waals surface area contributed by atoms with E-state index in [-0.39, 0.29) is 24.4 Å². The molecule has 0 saturated carbocycles. The monoisotopic (exact) mass is 678 g/mol. The number of aromatic nitrogens is 1. The van der Waals surface area contributed by atoms with E-state index in [4.69, 9.17) is 4.74 Å². The van der Waals surface area contributed by atoms with Crippen molar-refractivity contribution in [3.05, 3.63) is 59.4 Å². The van der Waals surface area contributed by atoms with Gasteiger partial charge in [-0.25, -0.2) is 0 Å². The Morgan fingerprint density at radius 1 is 1.12 bits per heavy atom. The van der Waals surface area contributed by atoms with Crippen LogP contribution in [0.5, 0.6) is 5.75 Å². The van der Waals surface area contributed by atoms with Gasteiger partial charge in [0.1, 0.15) is 5.75 Å². The molecule has 1 aromatic heterocycles. The molecule has 3 heterocycles. The molecule has 0 aliphatic carbocycles. The first-order valence-electron chi connectivity index (χ1n) is 15.1. The number of hydrogen-bond donors (Lipinski definition) is 1. The van der Waals surface area contributed by atoms with Crippen molar-refractivity contribution in [2.24, 2.45) is 5.92 Å². The number of carboxylic acid groups (broad SMARTS) is 1. The summed E-state index contributed by atoms with van der Waals surface area (Å²) < 4.78 is 7.03. The van der Waals surface area contributed by atoms with Gasteiger partial charge in [0, 0.05) is 12.6 Å². The quantitative estimate of drug-likeness (QED) is 0.175. The molecule has 1 aromatic carbocycles. The Kier molecular flexibility index (Phi) is 11.5. The number of nitrogens with zero attached hydrogens (tertiary/aromatic N) is 3. The summed E-state index contributed by atoms with van der Waals surface area (Å²) in [4.78, 5) is 42.7. The van der Waals surface area contributed by atoms with Crippen molar-refractivity contribution in [2.45, 2.75) is 63.8 Å². The Morgan fingerprint density at radius 2 is 1.93 bits per heavy atom. The Hall–Kier alpha value is -2.20. The van der Waals surface area contributed by atoms with Crippen LogP contribution in [-0.4, -0.2) is 89.8 Å². The average molecular weight is 679 g/mol. The molecule has 3 atom stereocenters. The van der Waals surface area contributed by atoms with Crippen molar-refractivity contribution in [3.8, 4) is 5.75 Å². The Balaban J connectivity index is 1.54. The molecule has 1 fully saturated rings. The second-order valence-electron chi connectivity index (χ2n) is 12.4. The zero-order chi connectivity index (χ0) is 29.4. The molecule has 0 unspecified atom stereocenters. The van der Waals surface area contributed by atoms with E-state index in [9.17, 15) is 14.7 Å². The van der Waals surface area contributed by atoms with Gasteiger partial charge in [-0.3, -0.25) is 4.98 Å². The Morgan fingerprint density at radius 3 is 2.63 bits per heavy atom. The van der Waals surface area contributed by atoms with Crippen LogP contribution in [0.1, 0.15) is 61.8 Å². The minimum atomic E-state index is -1.52. The summed E-state index contributed by atoms with van der Waals surface area (Å²) in [6, 6.07) is 11.8. The topological polar surface area (TPSA) is 83.0 Å². The van der Waals surface area contributed by atoms with Crippen molar-refractivity contribution in [2.75, 3.05) is 52.0 Å². The van der Waals surface area contributed by atoms with Crippen LogP contribution in [0.2, 0.25) is 0 Å². The number of halogens is 1. The number of rotatable bonds is 15. The average Bonchev–Trinajstić information content (AvgIpc) is 3.55. The molecular weight excluding hydrogens is 629 g/mol. The number of carbonyl (C=O) groups excluding carboxylic acids is 1. The van der Waals surface area contributed by atoms with Gasteiger partial charge in [0.15, 0.2) is 0 Å². The number of carbonyl (C=O) groups is 2. The van der Waals surface area contributed by atoms with Gasteiger partial charge in [0.05, 0.1) is 6.61 Å². The second-order valence-corrected chi connectivity index (χ2v) is 24.5. The fourth-order valence-electron chi connectivity index (χ4n) is 6.25. The number of aliphatic carboxylic acids is 1. The molecule has 41 heavy (non-hydrogen) atoms. The third-order valence-corrected chi connectivity index (χ3v) is 12.4. The number of likely N-dealkylation sites (tertiary alicyclic amines) is 1. The van der Waals surface area contributed by atoms with Gasteiger partial charge >= 0.3 is 187 Å². The zero-order valence-corrected chi connectivity index (χ0v) is 27.5. The summed E-state index contributed by atoms with van der Waals surface area (Å²) in [7, 11) is 0. The van der Waals surface area contributed by atoms with Crippen LogP contribution in [-0.2, 0) is 22.4 Å². The third kappa shape index (κ3) is 8.89. The van der Waals surface area contributed by atoms with Gasteiger partial charge in [0.25, 0.3) is 0 Å². The fraction of sp³-hybridized carbons (Fsp3) is 0.606. The molecule has 8 heteroatoms. The third-order valence-electron chi connectivity index (χ3n) is 8.45. The van der Waals surface area contributed by atoms with Crippen LogP contribution in [0.3, 0.4) is 0 Å². The molecule has 0 spiro atoms. The Bertz CT molecular complexity index is 1150. The molecule has 2 aliphatic rings. The molecule has 0 bridgehead atoms. The molecular formula is C33H49IN3O4-. The van der Waals surface area contributed by atoms with Crippen molar-refractivity contribution >= 4 is 11.9 Å². The number of ether oxygens (including phenoxy) is 1. The molecule has 2 aromatic rings. The maximum atomic E-state index is 13.8. The minimum absolute atomic E-state index is 0.130. The number of pyridine rings is 1. The molecule has 1 amide bonds. The van der Waals surface area contributed by atoms with Gasteiger partial charge in [-0.05, 0) is 23.8 Å². The van der Waals surface area contributed by atoms with Gasteiger partial charge in [0.2, 0.25) is 0 Å². The number of alkyl halides is 4. The molecule has 7 nitrogen and oxygen atoms in total. The first kappa shape index (κ1) is 31.7. The van der Waals surface area contributed by atoms with Gasteiger partial charge in [-0.1, -0.05) is 6.07 Å². The summed E-state index contributed by atoms with van der Waals surface area (Å²) in [5, 5.41) is 10.5. The number of unbranched alkanes of at least 4 members (excludes halogenated alkanes) is 2. The Labute approximate surface area is 250 Å². The van der Waals surface area contributed by atoms with E-state index in [1.54, 1.807) is 6.20 Å². The van der Waals surface area contributed by atoms with Crippen LogP contribution in [0.15, 0.2) is 42.6 Å². The SMILES string of the molecule is CCCCN(CCCC[I-](C)(C)C)C(=O)CN1C[C@H](c2ccc3c(c2)CCO3)[C@@H](C(=O)O)[C@@H]1CCc1ccccn1. The molecule has 4 rings (SSSR count). The summed E-state index contributed by atoms with van der Waals surface area (Å²) in [5.74, 6) is -0.525. The van der Waals surface area contributed by atoms with Gasteiger partial charge < -0.3 is 4.74 Å². The van der Waals surface area contributed by atoms with E-state index in [0.717, 1.165) is 61.3 Å². The fourth-order valence-corrected chi connectivity index (χ4v) is 9.08. The minimum Gasteiger partial charge on any atom is -0.261 e. The van der Waals surface area contributed by atoms with E-state index < -0.39 is 30.3 Å². The number of aryl methyl sites for hydroxylation is 1. The normalized spacial score (nSPS) is 20.9. The smallest absolute Gasteiger partial charge is 0.261 e. The predicted molar refractivity (Wildman–Crippen MR) is 161 cm³/mol. The number of carboxylic acids is 1. The van der Waals surface area contributed by atoms with E-state index in [2.05, 4.69) is 37.7 Å². The standard InChI is InChI=1S/C33H49IN3O4/c1-5-6-19-36(20-10-8-17-34(2,3)4)31(38)24-37-23-28(25-12-15-30-26(22-25)16-21-41-30)32(33(39)40)29(37)14-13-27-11-7-9-18-35-27/h7,9,11-12,15,18,22,28-29,32H,5-6,8,10,13-14,16-17,19-21,23-24H2,1-4H3,(H,39,40)/q-1/t28-,29+,32-/m1/s1. The van der Waals surface area contributed by atoms with Crippen molar-refractivity contribution in [1.29, 1.82) is 0 Å². The van der Waals surface area contributed by atoms with E-state index in [0.29, 0.717) is 26.0 Å². The van der Waals surface area contributed by atoms with Crippen LogP contribution in [0.4, 0.5) is 0 Å². The van der Waals surface area contributed by atoms with Crippen LogP contribution in [0, 0.1) is 5.92 Å². The predicted octanol–water partition coefficient (Wildman–Crippen LogP) is 1.58. The second kappa shape index (κ2) is 14.8. The number of benzene rings is 1. The van der Waals surface area contributed by atoms with Crippen LogP contribution in [0.25, 0.3) is 0 Å². The summed E-state index contributed by atoms with van der Waals surface area (Å²) >= 11 is -1.52. The summed E-state index contributed by atoms with van der Waals surface area (Å²) in [6.07, 6.45) is 8.22. The molecule has 1 N–H and O–H groups in total. The van der Waals surface area contributed by atoms with Crippen molar-refractivity contribution in [1.82, 2.24) is 14.8 Å². The zero-order valence-electron chi connectivity index (χ0n) is 25.4. The molecule has 2 aliphatic heterocycles.